The summed E-state index contributed by atoms with van der Waals surface area (Å²) in [6.07, 6.45) is 1.56. The molecule has 0 aliphatic heterocycles. The molecular weight excluding hydrogens is 240 g/mol. The molecule has 2 aromatic rings. The highest BCUT2D eigenvalue weighted by Gasteiger charge is 2.12. The van der Waals surface area contributed by atoms with E-state index in [9.17, 15) is 4.79 Å². The third kappa shape index (κ3) is 2.65. The molecule has 0 saturated heterocycles. The van der Waals surface area contributed by atoms with E-state index in [1.54, 1.807) is 6.20 Å². The van der Waals surface area contributed by atoms with E-state index >= 15 is 0 Å². The summed E-state index contributed by atoms with van der Waals surface area (Å²) >= 11 is 5.41. The second kappa shape index (κ2) is 5.01. The Kier molecular flexibility index (Phi) is 3.44. The lowest BCUT2D eigenvalue weighted by molar-refractivity contribution is -0.114. The van der Waals surface area contributed by atoms with Crippen LogP contribution in [-0.2, 0) is 4.79 Å². The van der Waals surface area contributed by atoms with Gasteiger partial charge in [-0.15, -0.1) is 11.6 Å². The number of rotatable bonds is 3. The summed E-state index contributed by atoms with van der Waals surface area (Å²) in [5.41, 5.74) is 2.83. The van der Waals surface area contributed by atoms with Crippen molar-refractivity contribution in [1.29, 1.82) is 0 Å². The molecule has 1 amide bonds. The monoisotopic (exact) mass is 250 g/mol. The Morgan fingerprint density at radius 2 is 2.12 bits per heavy atom. The minimum absolute atomic E-state index is 0.117. The number of hydrogen-bond acceptors (Lipinski definition) is 3. The Labute approximate surface area is 104 Å². The maximum absolute atomic E-state index is 11.2. The second-order valence-electron chi connectivity index (χ2n) is 3.62. The molecule has 0 atom stereocenters. The fourth-order valence-corrected chi connectivity index (χ4v) is 1.50. The lowest BCUT2D eigenvalue weighted by Gasteiger charge is -2.02. The molecular formula is C12H11ClN2O2. The normalized spacial score (nSPS) is 10.2. The van der Waals surface area contributed by atoms with Gasteiger partial charge in [0, 0.05) is 0 Å². The van der Waals surface area contributed by atoms with Crippen LogP contribution >= 0.6 is 11.6 Å². The minimum atomic E-state index is -0.322. The van der Waals surface area contributed by atoms with Crippen LogP contribution in [0.15, 0.2) is 35.0 Å². The fraction of sp³-hybridized carbons (Fsp3) is 0.167. The maximum Gasteiger partial charge on any atom is 0.241 e. The van der Waals surface area contributed by atoms with Crippen LogP contribution in [0.1, 0.15) is 5.56 Å². The molecule has 1 N–H and O–H groups in total. The molecule has 5 heteroatoms. The molecule has 2 rings (SSSR count). The van der Waals surface area contributed by atoms with Gasteiger partial charge in [0.2, 0.25) is 11.8 Å². The van der Waals surface area contributed by atoms with Gasteiger partial charge in [0.25, 0.3) is 0 Å². The molecule has 0 radical (unpaired) electrons. The number of aryl methyl sites for hydroxylation is 1. The number of hydrogen-bond donors (Lipinski definition) is 1. The highest BCUT2D eigenvalue weighted by Crippen LogP contribution is 2.27. The van der Waals surface area contributed by atoms with E-state index in [4.69, 9.17) is 16.1 Å². The maximum atomic E-state index is 11.2. The molecule has 0 fully saturated rings. The minimum Gasteiger partial charge on any atom is -0.338 e. The Balaban J connectivity index is 2.30. The third-order valence-corrected chi connectivity index (χ3v) is 2.55. The summed E-state index contributed by atoms with van der Waals surface area (Å²) in [6.45, 7) is 2.01. The second-order valence-corrected chi connectivity index (χ2v) is 3.88. The standard InChI is InChI=1S/C12H11ClN2O2/c1-8-2-4-9(5-3-8)10-7-14-17-12(10)15-11(16)6-13/h2-5,7H,6H2,1H3,(H,15,16). The smallest absolute Gasteiger partial charge is 0.241 e. The molecule has 0 aliphatic rings. The number of alkyl halides is 1. The number of halogens is 1. The highest BCUT2D eigenvalue weighted by molar-refractivity contribution is 6.29. The van der Waals surface area contributed by atoms with Gasteiger partial charge in [0.1, 0.15) is 5.88 Å². The summed E-state index contributed by atoms with van der Waals surface area (Å²) in [5.74, 6) is -0.120. The van der Waals surface area contributed by atoms with E-state index in [1.165, 1.54) is 0 Å². The summed E-state index contributed by atoms with van der Waals surface area (Å²) in [5, 5.41) is 6.23. The number of benzene rings is 1. The number of aromatic nitrogens is 1. The van der Waals surface area contributed by atoms with Gasteiger partial charge >= 0.3 is 0 Å². The lowest BCUT2D eigenvalue weighted by atomic mass is 10.1. The average molecular weight is 251 g/mol. The molecule has 1 aromatic carbocycles. The van der Waals surface area contributed by atoms with Crippen LogP contribution < -0.4 is 5.32 Å². The van der Waals surface area contributed by atoms with Gasteiger partial charge in [-0.25, -0.2) is 0 Å². The van der Waals surface area contributed by atoms with Crippen molar-refractivity contribution in [1.82, 2.24) is 5.16 Å². The first kappa shape index (κ1) is 11.7. The molecule has 0 spiro atoms. The summed E-state index contributed by atoms with van der Waals surface area (Å²) in [4.78, 5) is 11.2. The van der Waals surface area contributed by atoms with Crippen molar-refractivity contribution in [2.75, 3.05) is 11.2 Å². The Morgan fingerprint density at radius 3 is 2.76 bits per heavy atom. The van der Waals surface area contributed by atoms with Crippen molar-refractivity contribution in [3.05, 3.63) is 36.0 Å². The average Bonchev–Trinajstić information content (AvgIpc) is 2.78. The van der Waals surface area contributed by atoms with Gasteiger partial charge in [-0.05, 0) is 12.5 Å². The van der Waals surface area contributed by atoms with Gasteiger partial charge in [-0.1, -0.05) is 35.0 Å². The van der Waals surface area contributed by atoms with Crippen molar-refractivity contribution in [2.45, 2.75) is 6.92 Å². The first-order valence-electron chi connectivity index (χ1n) is 5.08. The molecule has 1 aromatic heterocycles. The molecule has 0 bridgehead atoms. The first-order chi connectivity index (χ1) is 8.20. The zero-order valence-electron chi connectivity index (χ0n) is 9.24. The van der Waals surface area contributed by atoms with Crippen molar-refractivity contribution < 1.29 is 9.32 Å². The zero-order valence-corrected chi connectivity index (χ0v) is 9.99. The van der Waals surface area contributed by atoms with Gasteiger partial charge in [-0.3, -0.25) is 10.1 Å². The largest absolute Gasteiger partial charge is 0.338 e. The Hall–Kier alpha value is -1.81. The molecule has 1 heterocycles. The van der Waals surface area contributed by atoms with Gasteiger partial charge in [0.15, 0.2) is 0 Å². The van der Waals surface area contributed by atoms with Gasteiger partial charge in [-0.2, -0.15) is 0 Å². The van der Waals surface area contributed by atoms with Crippen molar-refractivity contribution in [2.24, 2.45) is 0 Å². The van der Waals surface area contributed by atoms with Crippen molar-refractivity contribution in [3.8, 4) is 11.1 Å². The topological polar surface area (TPSA) is 55.1 Å². The van der Waals surface area contributed by atoms with Crippen LogP contribution in [0.5, 0.6) is 0 Å². The van der Waals surface area contributed by atoms with E-state index in [0.29, 0.717) is 5.88 Å². The molecule has 4 nitrogen and oxygen atoms in total. The predicted octanol–water partition coefficient (Wildman–Crippen LogP) is 2.83. The van der Waals surface area contributed by atoms with Crippen LogP contribution in [-0.4, -0.2) is 16.9 Å². The number of nitrogens with one attached hydrogen (secondary N) is 1. The fourth-order valence-electron chi connectivity index (χ4n) is 1.43. The van der Waals surface area contributed by atoms with E-state index in [-0.39, 0.29) is 11.8 Å². The van der Waals surface area contributed by atoms with Gasteiger partial charge < -0.3 is 4.52 Å². The summed E-state index contributed by atoms with van der Waals surface area (Å²) < 4.78 is 4.98. The summed E-state index contributed by atoms with van der Waals surface area (Å²) in [6, 6.07) is 7.85. The van der Waals surface area contributed by atoms with E-state index < -0.39 is 0 Å². The third-order valence-electron chi connectivity index (χ3n) is 2.31. The van der Waals surface area contributed by atoms with E-state index in [1.807, 2.05) is 31.2 Å². The molecule has 0 saturated carbocycles. The number of nitrogens with zero attached hydrogens (tertiary/aromatic N) is 1. The van der Waals surface area contributed by atoms with Crippen molar-refractivity contribution in [3.63, 3.8) is 0 Å². The molecule has 17 heavy (non-hydrogen) atoms. The molecule has 0 aliphatic carbocycles. The Morgan fingerprint density at radius 1 is 1.41 bits per heavy atom. The van der Waals surface area contributed by atoms with E-state index in [2.05, 4.69) is 10.5 Å². The first-order valence-corrected chi connectivity index (χ1v) is 5.61. The van der Waals surface area contributed by atoms with Crippen LogP contribution in [0.2, 0.25) is 0 Å². The molecule has 0 unspecified atom stereocenters. The Bertz CT molecular complexity index is 520. The summed E-state index contributed by atoms with van der Waals surface area (Å²) in [7, 11) is 0. The highest BCUT2D eigenvalue weighted by atomic mass is 35.5. The van der Waals surface area contributed by atoms with Gasteiger partial charge in [0.05, 0.1) is 11.8 Å². The number of carbonyl (C=O) groups excluding carboxylic acids is 1. The number of carbonyl (C=O) groups is 1. The molecule has 88 valence electrons. The van der Waals surface area contributed by atoms with Crippen LogP contribution in [0.25, 0.3) is 11.1 Å². The van der Waals surface area contributed by atoms with Crippen LogP contribution in [0, 0.1) is 6.92 Å². The predicted molar refractivity (Wildman–Crippen MR) is 66.0 cm³/mol. The van der Waals surface area contributed by atoms with Crippen LogP contribution in [0.4, 0.5) is 5.88 Å². The quantitative estimate of drug-likeness (QED) is 0.853. The zero-order chi connectivity index (χ0) is 12.3. The van der Waals surface area contributed by atoms with Crippen LogP contribution in [0.3, 0.4) is 0 Å². The SMILES string of the molecule is Cc1ccc(-c2cnoc2NC(=O)CCl)cc1. The number of anilines is 1. The lowest BCUT2D eigenvalue weighted by Crippen LogP contribution is -2.12. The van der Waals surface area contributed by atoms with Crippen molar-refractivity contribution >= 4 is 23.4 Å². The number of amides is 1. The van der Waals surface area contributed by atoms with E-state index in [0.717, 1.165) is 16.7 Å².